The van der Waals surface area contributed by atoms with Crippen LogP contribution in [0.5, 0.6) is 0 Å². The first-order valence-corrected chi connectivity index (χ1v) is 10.7. The molecule has 0 aliphatic heterocycles. The fourth-order valence-electron chi connectivity index (χ4n) is 2.85. The minimum Gasteiger partial charge on any atom is -0.354 e. The van der Waals surface area contributed by atoms with Crippen LogP contribution in [0.15, 0.2) is 48.5 Å². The van der Waals surface area contributed by atoms with Crippen molar-refractivity contribution in [2.45, 2.75) is 32.7 Å². The van der Waals surface area contributed by atoms with E-state index >= 15 is 0 Å². The van der Waals surface area contributed by atoms with Crippen molar-refractivity contribution in [2.75, 3.05) is 17.1 Å². The molecule has 2 rings (SSSR count). The highest BCUT2D eigenvalue weighted by Gasteiger charge is 2.31. The van der Waals surface area contributed by atoms with Crippen LogP contribution in [0.2, 0.25) is 0 Å². The Balaban J connectivity index is 2.11. The smallest absolute Gasteiger partial charge is 0.243 e. The molecule has 5 nitrogen and oxygen atoms in total. The first-order valence-electron chi connectivity index (χ1n) is 8.80. The van der Waals surface area contributed by atoms with Crippen molar-refractivity contribution in [3.63, 3.8) is 0 Å². The van der Waals surface area contributed by atoms with E-state index in [0.717, 1.165) is 17.4 Å². The van der Waals surface area contributed by atoms with E-state index in [0.29, 0.717) is 25.1 Å². The zero-order valence-electron chi connectivity index (χ0n) is 15.8. The van der Waals surface area contributed by atoms with Gasteiger partial charge >= 0.3 is 0 Å². The number of amides is 1. The van der Waals surface area contributed by atoms with Crippen molar-refractivity contribution >= 4 is 21.6 Å². The first kappa shape index (κ1) is 20.9. The van der Waals surface area contributed by atoms with Crippen LogP contribution in [0.3, 0.4) is 0 Å². The summed E-state index contributed by atoms with van der Waals surface area (Å²) in [5, 5.41) is 2.79. The van der Waals surface area contributed by atoms with Gasteiger partial charge < -0.3 is 5.32 Å². The summed E-state index contributed by atoms with van der Waals surface area (Å²) in [6, 6.07) is 12.2. The summed E-state index contributed by atoms with van der Waals surface area (Å²) in [7, 11) is -3.64. The third-order valence-electron chi connectivity index (χ3n) is 4.24. The molecule has 1 amide bonds. The molecule has 2 aromatic rings. The highest BCUT2D eigenvalue weighted by atomic mass is 32.2. The Kier molecular flexibility index (Phi) is 6.96. The molecule has 0 saturated heterocycles. The summed E-state index contributed by atoms with van der Waals surface area (Å²) >= 11 is 0. The lowest BCUT2D eigenvalue weighted by Crippen LogP contribution is -2.49. The fourth-order valence-corrected chi connectivity index (χ4v) is 4.06. The average Bonchev–Trinajstić information content (AvgIpc) is 2.61. The van der Waals surface area contributed by atoms with Crippen molar-refractivity contribution in [3.8, 4) is 0 Å². The number of benzene rings is 2. The third-order valence-corrected chi connectivity index (χ3v) is 5.42. The maximum atomic E-state index is 12.9. The van der Waals surface area contributed by atoms with Crippen LogP contribution >= 0.6 is 0 Å². The number of nitrogens with one attached hydrogen (secondary N) is 1. The number of carbonyl (C=O) groups is 1. The Labute approximate surface area is 160 Å². The van der Waals surface area contributed by atoms with Gasteiger partial charge in [-0.25, -0.2) is 12.8 Å². The number of nitrogens with zero attached hydrogens (tertiary/aromatic N) is 1. The standard InChI is InChI=1S/C20H25FN2O3S/c1-4-19(20(24)22-14-13-16-7-9-17(21)10-8-16)23(27(3,25)26)18-11-5-15(2)6-12-18/h5-12,19H,4,13-14H2,1-3H3,(H,22,24). The minimum absolute atomic E-state index is 0.310. The molecule has 1 atom stereocenters. The van der Waals surface area contributed by atoms with Crippen molar-refractivity contribution < 1.29 is 17.6 Å². The summed E-state index contributed by atoms with van der Waals surface area (Å²) in [6.45, 7) is 4.02. The predicted molar refractivity (Wildman–Crippen MR) is 106 cm³/mol. The molecule has 0 aliphatic carbocycles. The number of carbonyl (C=O) groups excluding carboxylic acids is 1. The Bertz CT molecular complexity index is 865. The monoisotopic (exact) mass is 392 g/mol. The molecule has 1 unspecified atom stereocenters. The lowest BCUT2D eigenvalue weighted by atomic mass is 10.1. The van der Waals surface area contributed by atoms with Crippen LogP contribution in [0.1, 0.15) is 24.5 Å². The van der Waals surface area contributed by atoms with E-state index in [1.54, 1.807) is 31.2 Å². The molecule has 0 spiro atoms. The fraction of sp³-hybridized carbons (Fsp3) is 0.350. The minimum atomic E-state index is -3.64. The normalized spacial score (nSPS) is 12.4. The SMILES string of the molecule is CCC(C(=O)NCCc1ccc(F)cc1)N(c1ccc(C)cc1)S(C)(=O)=O. The van der Waals surface area contributed by atoms with E-state index in [1.807, 2.05) is 19.1 Å². The molecular weight excluding hydrogens is 367 g/mol. The molecular formula is C20H25FN2O3S. The van der Waals surface area contributed by atoms with Gasteiger partial charge in [0.05, 0.1) is 11.9 Å². The number of aryl methyl sites for hydroxylation is 1. The molecule has 1 N–H and O–H groups in total. The van der Waals surface area contributed by atoms with Crippen LogP contribution < -0.4 is 9.62 Å². The molecule has 0 fully saturated rings. The molecule has 0 radical (unpaired) electrons. The number of hydrogen-bond donors (Lipinski definition) is 1. The molecule has 0 saturated carbocycles. The van der Waals surface area contributed by atoms with Gasteiger partial charge in [0.25, 0.3) is 0 Å². The maximum Gasteiger partial charge on any atom is 0.243 e. The van der Waals surface area contributed by atoms with Gasteiger partial charge in [0, 0.05) is 6.54 Å². The number of anilines is 1. The Hall–Kier alpha value is -2.41. The van der Waals surface area contributed by atoms with Gasteiger partial charge in [-0.2, -0.15) is 0 Å². The van der Waals surface area contributed by atoms with Crippen LogP contribution in [0.25, 0.3) is 0 Å². The number of halogens is 1. The van der Waals surface area contributed by atoms with Gasteiger partial charge in [0.2, 0.25) is 15.9 Å². The third kappa shape index (κ3) is 5.79. The molecule has 0 aliphatic rings. The highest BCUT2D eigenvalue weighted by Crippen LogP contribution is 2.23. The molecule has 2 aromatic carbocycles. The summed E-state index contributed by atoms with van der Waals surface area (Å²) in [6.07, 6.45) is 1.97. The van der Waals surface area contributed by atoms with Gasteiger partial charge in [-0.1, -0.05) is 36.8 Å². The van der Waals surface area contributed by atoms with E-state index < -0.39 is 16.1 Å². The summed E-state index contributed by atoms with van der Waals surface area (Å²) in [5.41, 5.74) is 2.36. The van der Waals surface area contributed by atoms with Crippen molar-refractivity contribution in [1.29, 1.82) is 0 Å². The molecule has 146 valence electrons. The molecule has 0 bridgehead atoms. The van der Waals surface area contributed by atoms with Crippen LogP contribution in [0, 0.1) is 12.7 Å². The zero-order chi connectivity index (χ0) is 20.0. The Morgan fingerprint density at radius 3 is 2.22 bits per heavy atom. The second kappa shape index (κ2) is 8.99. The average molecular weight is 392 g/mol. The summed E-state index contributed by atoms with van der Waals surface area (Å²) < 4.78 is 38.8. The van der Waals surface area contributed by atoms with E-state index in [1.165, 1.54) is 16.4 Å². The largest absolute Gasteiger partial charge is 0.354 e. The molecule has 27 heavy (non-hydrogen) atoms. The van der Waals surface area contributed by atoms with Gasteiger partial charge in [0.15, 0.2) is 0 Å². The second-order valence-corrected chi connectivity index (χ2v) is 8.35. The lowest BCUT2D eigenvalue weighted by molar-refractivity contribution is -0.122. The summed E-state index contributed by atoms with van der Waals surface area (Å²) in [4.78, 5) is 12.7. The van der Waals surface area contributed by atoms with Crippen LogP contribution in [-0.4, -0.2) is 33.2 Å². The van der Waals surface area contributed by atoms with E-state index in [9.17, 15) is 17.6 Å². The summed E-state index contributed by atoms with van der Waals surface area (Å²) in [5.74, 6) is -0.665. The van der Waals surface area contributed by atoms with Gasteiger partial charge in [-0.05, 0) is 49.6 Å². The van der Waals surface area contributed by atoms with E-state index in [2.05, 4.69) is 5.32 Å². The van der Waals surface area contributed by atoms with Gasteiger partial charge in [-0.3, -0.25) is 9.10 Å². The molecule has 0 aromatic heterocycles. The quantitative estimate of drug-likeness (QED) is 0.751. The Morgan fingerprint density at radius 2 is 1.70 bits per heavy atom. The number of sulfonamides is 1. The van der Waals surface area contributed by atoms with Crippen LogP contribution in [0.4, 0.5) is 10.1 Å². The molecule has 7 heteroatoms. The van der Waals surface area contributed by atoms with Crippen molar-refractivity contribution in [3.05, 3.63) is 65.5 Å². The van der Waals surface area contributed by atoms with Crippen LogP contribution in [-0.2, 0) is 21.2 Å². The highest BCUT2D eigenvalue weighted by molar-refractivity contribution is 7.92. The van der Waals surface area contributed by atoms with Gasteiger partial charge in [0.1, 0.15) is 11.9 Å². The van der Waals surface area contributed by atoms with Crippen molar-refractivity contribution in [1.82, 2.24) is 5.32 Å². The zero-order valence-corrected chi connectivity index (χ0v) is 16.6. The molecule has 0 heterocycles. The van der Waals surface area contributed by atoms with E-state index in [4.69, 9.17) is 0 Å². The van der Waals surface area contributed by atoms with Crippen molar-refractivity contribution in [2.24, 2.45) is 0 Å². The lowest BCUT2D eigenvalue weighted by Gasteiger charge is -2.30. The Morgan fingerprint density at radius 1 is 1.11 bits per heavy atom. The predicted octanol–water partition coefficient (Wildman–Crippen LogP) is 3.04. The van der Waals surface area contributed by atoms with E-state index in [-0.39, 0.29) is 11.7 Å². The number of hydrogen-bond acceptors (Lipinski definition) is 3. The topological polar surface area (TPSA) is 66.5 Å². The number of rotatable bonds is 8. The first-order chi connectivity index (χ1) is 12.7. The second-order valence-electron chi connectivity index (χ2n) is 6.49. The maximum absolute atomic E-state index is 12.9. The van der Waals surface area contributed by atoms with Gasteiger partial charge in [-0.15, -0.1) is 0 Å².